The average Bonchev–Trinajstić information content (AvgIpc) is 2.72. The van der Waals surface area contributed by atoms with Crippen LogP contribution in [0.5, 0.6) is 0 Å². The molecule has 3 N–H and O–H groups in total. The summed E-state index contributed by atoms with van der Waals surface area (Å²) in [6.07, 6.45) is 1.74. The predicted octanol–water partition coefficient (Wildman–Crippen LogP) is 3.12. The number of carbonyl (C=O) groups excluding carboxylic acids is 2. The van der Waals surface area contributed by atoms with E-state index in [0.717, 1.165) is 32.5 Å². The Bertz CT molecular complexity index is 823. The van der Waals surface area contributed by atoms with Crippen molar-refractivity contribution in [2.45, 2.75) is 38.4 Å². The Morgan fingerprint density at radius 1 is 1.07 bits per heavy atom. The summed E-state index contributed by atoms with van der Waals surface area (Å²) in [5.74, 6) is -0.766. The van der Waals surface area contributed by atoms with E-state index in [9.17, 15) is 14.0 Å². The van der Waals surface area contributed by atoms with Crippen molar-refractivity contribution in [1.82, 2.24) is 15.5 Å². The molecule has 0 bridgehead atoms. The van der Waals surface area contributed by atoms with Crippen molar-refractivity contribution < 1.29 is 14.0 Å². The maximum absolute atomic E-state index is 13.6. The molecule has 1 aliphatic rings. The summed E-state index contributed by atoms with van der Waals surface area (Å²) in [5.41, 5.74) is 1.36. The standard InChI is InChI=1S/C22H27FN4O2/c1-16(24-22(29)26-20-10-6-5-9-19(20)23)21(28)25-18-11-13-27(14-12-18)15-17-7-3-2-4-8-17/h2-10,16,18H,11-15H2,1H3,(H,25,28)(H2,24,26,29). The minimum atomic E-state index is -0.718. The molecule has 1 atom stereocenters. The normalized spacial score (nSPS) is 16.1. The maximum Gasteiger partial charge on any atom is 0.319 e. The minimum absolute atomic E-state index is 0.0726. The van der Waals surface area contributed by atoms with Crippen molar-refractivity contribution in [2.24, 2.45) is 0 Å². The Morgan fingerprint density at radius 2 is 1.72 bits per heavy atom. The molecule has 0 aromatic heterocycles. The first-order valence-electron chi connectivity index (χ1n) is 9.90. The van der Waals surface area contributed by atoms with Gasteiger partial charge in [0.25, 0.3) is 0 Å². The minimum Gasteiger partial charge on any atom is -0.351 e. The van der Waals surface area contributed by atoms with Crippen molar-refractivity contribution in [3.8, 4) is 0 Å². The van der Waals surface area contributed by atoms with Gasteiger partial charge in [0.2, 0.25) is 5.91 Å². The zero-order chi connectivity index (χ0) is 20.6. The third-order valence-electron chi connectivity index (χ3n) is 5.05. The number of halogens is 1. The summed E-state index contributed by atoms with van der Waals surface area (Å²) >= 11 is 0. The number of hydrogen-bond donors (Lipinski definition) is 3. The quantitative estimate of drug-likeness (QED) is 0.700. The fourth-order valence-electron chi connectivity index (χ4n) is 3.39. The number of para-hydroxylation sites is 1. The molecular formula is C22H27FN4O2. The van der Waals surface area contributed by atoms with Crippen LogP contribution in [0, 0.1) is 5.82 Å². The molecule has 29 heavy (non-hydrogen) atoms. The van der Waals surface area contributed by atoms with Gasteiger partial charge in [0.05, 0.1) is 5.69 Å². The van der Waals surface area contributed by atoms with Crippen molar-refractivity contribution in [3.63, 3.8) is 0 Å². The van der Waals surface area contributed by atoms with Gasteiger partial charge in [-0.2, -0.15) is 0 Å². The van der Waals surface area contributed by atoms with Crippen LogP contribution >= 0.6 is 0 Å². The van der Waals surface area contributed by atoms with E-state index in [1.165, 1.54) is 17.7 Å². The lowest BCUT2D eigenvalue weighted by atomic mass is 10.0. The molecule has 2 aromatic rings. The summed E-state index contributed by atoms with van der Waals surface area (Å²) in [6, 6.07) is 15.0. The van der Waals surface area contributed by atoms with Crippen LogP contribution in [0.25, 0.3) is 0 Å². The van der Waals surface area contributed by atoms with E-state index in [-0.39, 0.29) is 17.6 Å². The van der Waals surface area contributed by atoms with Gasteiger partial charge in [-0.1, -0.05) is 42.5 Å². The summed E-state index contributed by atoms with van der Waals surface area (Å²) in [7, 11) is 0. The zero-order valence-corrected chi connectivity index (χ0v) is 16.5. The molecule has 0 spiro atoms. The lowest BCUT2D eigenvalue weighted by molar-refractivity contribution is -0.123. The molecule has 3 rings (SSSR count). The van der Waals surface area contributed by atoms with Gasteiger partial charge in [-0.15, -0.1) is 0 Å². The van der Waals surface area contributed by atoms with Gasteiger partial charge in [-0.25, -0.2) is 9.18 Å². The zero-order valence-electron chi connectivity index (χ0n) is 16.5. The van der Waals surface area contributed by atoms with Crippen LogP contribution in [-0.2, 0) is 11.3 Å². The Hall–Kier alpha value is -2.93. The van der Waals surface area contributed by atoms with Gasteiger partial charge >= 0.3 is 6.03 Å². The van der Waals surface area contributed by atoms with E-state index >= 15 is 0 Å². The molecule has 1 heterocycles. The topological polar surface area (TPSA) is 73.5 Å². The van der Waals surface area contributed by atoms with E-state index in [1.807, 2.05) is 18.2 Å². The smallest absolute Gasteiger partial charge is 0.319 e. The number of piperidine rings is 1. The van der Waals surface area contributed by atoms with Crippen molar-refractivity contribution in [2.75, 3.05) is 18.4 Å². The first-order chi connectivity index (χ1) is 14.0. The van der Waals surface area contributed by atoms with Crippen LogP contribution in [0.4, 0.5) is 14.9 Å². The highest BCUT2D eigenvalue weighted by Crippen LogP contribution is 2.14. The molecule has 6 nitrogen and oxygen atoms in total. The monoisotopic (exact) mass is 398 g/mol. The lowest BCUT2D eigenvalue weighted by Gasteiger charge is -2.33. The van der Waals surface area contributed by atoms with E-state index in [2.05, 4.69) is 33.0 Å². The Labute approximate surface area is 170 Å². The maximum atomic E-state index is 13.6. The molecule has 0 saturated carbocycles. The number of benzene rings is 2. The van der Waals surface area contributed by atoms with Gasteiger partial charge in [0.15, 0.2) is 0 Å². The second-order valence-corrected chi connectivity index (χ2v) is 7.34. The SMILES string of the molecule is CC(NC(=O)Nc1ccccc1F)C(=O)NC1CCN(Cc2ccccc2)CC1. The number of urea groups is 1. The molecule has 0 aliphatic carbocycles. The van der Waals surface area contributed by atoms with E-state index in [4.69, 9.17) is 0 Å². The summed E-state index contributed by atoms with van der Waals surface area (Å²) in [4.78, 5) is 26.8. The van der Waals surface area contributed by atoms with Crippen molar-refractivity contribution >= 4 is 17.6 Å². The number of carbonyl (C=O) groups is 2. The number of likely N-dealkylation sites (tertiary alicyclic amines) is 1. The third-order valence-corrected chi connectivity index (χ3v) is 5.05. The van der Waals surface area contributed by atoms with Gasteiger partial charge < -0.3 is 16.0 Å². The molecule has 1 unspecified atom stereocenters. The second kappa shape index (κ2) is 10.0. The van der Waals surface area contributed by atoms with Gasteiger partial charge in [0, 0.05) is 25.7 Å². The molecule has 1 aliphatic heterocycles. The predicted molar refractivity (Wildman–Crippen MR) is 111 cm³/mol. The van der Waals surface area contributed by atoms with Gasteiger partial charge in [-0.05, 0) is 37.5 Å². The third kappa shape index (κ3) is 6.29. The van der Waals surface area contributed by atoms with E-state index < -0.39 is 17.9 Å². The number of hydrogen-bond acceptors (Lipinski definition) is 3. The highest BCUT2D eigenvalue weighted by molar-refractivity contribution is 5.93. The van der Waals surface area contributed by atoms with E-state index in [0.29, 0.717) is 0 Å². The first-order valence-corrected chi connectivity index (χ1v) is 9.90. The largest absolute Gasteiger partial charge is 0.351 e. The van der Waals surface area contributed by atoms with Crippen LogP contribution in [-0.4, -0.2) is 42.0 Å². The number of anilines is 1. The molecule has 0 radical (unpaired) electrons. The van der Waals surface area contributed by atoms with Crippen LogP contribution in [0.3, 0.4) is 0 Å². The highest BCUT2D eigenvalue weighted by Gasteiger charge is 2.23. The molecule has 1 fully saturated rings. The van der Waals surface area contributed by atoms with Crippen LogP contribution < -0.4 is 16.0 Å². The van der Waals surface area contributed by atoms with Gasteiger partial charge in [-0.3, -0.25) is 9.69 Å². The molecule has 2 aromatic carbocycles. The van der Waals surface area contributed by atoms with Crippen molar-refractivity contribution in [3.05, 3.63) is 66.0 Å². The Kier molecular flexibility index (Phi) is 7.19. The highest BCUT2D eigenvalue weighted by atomic mass is 19.1. The lowest BCUT2D eigenvalue weighted by Crippen LogP contribution is -2.51. The molecular weight excluding hydrogens is 371 g/mol. The number of amides is 3. The van der Waals surface area contributed by atoms with Crippen LogP contribution in [0.1, 0.15) is 25.3 Å². The second-order valence-electron chi connectivity index (χ2n) is 7.34. The molecule has 7 heteroatoms. The number of nitrogens with one attached hydrogen (secondary N) is 3. The Morgan fingerprint density at radius 3 is 2.41 bits per heavy atom. The summed E-state index contributed by atoms with van der Waals surface area (Å²) in [5, 5.41) is 7.97. The van der Waals surface area contributed by atoms with Gasteiger partial charge in [0.1, 0.15) is 11.9 Å². The first kappa shape index (κ1) is 20.8. The fraction of sp³-hybridized carbons (Fsp3) is 0.364. The molecule has 3 amide bonds. The average molecular weight is 398 g/mol. The number of nitrogens with zero attached hydrogens (tertiary/aromatic N) is 1. The van der Waals surface area contributed by atoms with Crippen LogP contribution in [0.2, 0.25) is 0 Å². The van der Waals surface area contributed by atoms with E-state index in [1.54, 1.807) is 19.1 Å². The molecule has 1 saturated heterocycles. The number of rotatable bonds is 6. The summed E-state index contributed by atoms with van der Waals surface area (Å²) in [6.45, 7) is 4.35. The van der Waals surface area contributed by atoms with Crippen molar-refractivity contribution in [1.29, 1.82) is 0 Å². The van der Waals surface area contributed by atoms with Crippen LogP contribution in [0.15, 0.2) is 54.6 Å². The summed E-state index contributed by atoms with van der Waals surface area (Å²) < 4.78 is 13.6. The Balaban J connectivity index is 1.40. The molecule has 154 valence electrons. The fourth-order valence-corrected chi connectivity index (χ4v) is 3.39.